The first kappa shape index (κ1) is 13.8. The Morgan fingerprint density at radius 2 is 2.06 bits per heavy atom. The molecule has 7 heteroatoms. The Hall–Kier alpha value is -0.280. The smallest absolute Gasteiger partial charge is 0.165 e. The molecule has 1 heterocycles. The molecule has 0 aromatic rings. The number of ether oxygens (including phenoxy) is 1. The second kappa shape index (κ2) is 4.92. The maximum absolute atomic E-state index is 9.64. The highest BCUT2D eigenvalue weighted by atomic mass is 16.6. The van der Waals surface area contributed by atoms with Crippen molar-refractivity contribution in [3.8, 4) is 0 Å². The molecule has 1 rings (SSSR count). The lowest BCUT2D eigenvalue weighted by Crippen LogP contribution is -2.63. The molecule has 96 valence electrons. The summed E-state index contributed by atoms with van der Waals surface area (Å²) in [6, 6.07) is -0.934. The Kier molecular flexibility index (Phi) is 4.24. The van der Waals surface area contributed by atoms with Gasteiger partial charge in [-0.3, -0.25) is 0 Å². The first-order chi connectivity index (χ1) is 7.28. The van der Waals surface area contributed by atoms with Crippen molar-refractivity contribution in [2.75, 3.05) is 6.61 Å². The van der Waals surface area contributed by atoms with E-state index in [4.69, 9.17) is 15.6 Å². The molecule has 7 nitrogen and oxygen atoms in total. The zero-order valence-electron chi connectivity index (χ0n) is 9.02. The molecular formula is C9H19NO6. The molecule has 0 saturated carbocycles. The van der Waals surface area contributed by atoms with Gasteiger partial charge in [-0.25, -0.2) is 0 Å². The zero-order valence-corrected chi connectivity index (χ0v) is 9.02. The van der Waals surface area contributed by atoms with Crippen LogP contribution in [0.15, 0.2) is 0 Å². The van der Waals surface area contributed by atoms with E-state index in [0.717, 1.165) is 0 Å². The summed E-state index contributed by atoms with van der Waals surface area (Å²) in [6.07, 6.45) is -5.17. The predicted octanol–water partition coefficient (Wildman–Crippen LogP) is -3.11. The second-order valence-electron chi connectivity index (χ2n) is 4.35. The average Bonchev–Trinajstić information content (AvgIpc) is 2.20. The Labute approximate surface area is 93.1 Å². The highest BCUT2D eigenvalue weighted by Gasteiger charge is 2.45. The minimum Gasteiger partial charge on any atom is -0.394 e. The van der Waals surface area contributed by atoms with Gasteiger partial charge in [0.15, 0.2) is 5.79 Å². The molecule has 0 bridgehead atoms. The third kappa shape index (κ3) is 2.89. The van der Waals surface area contributed by atoms with Crippen molar-refractivity contribution in [3.63, 3.8) is 0 Å². The van der Waals surface area contributed by atoms with Crippen LogP contribution in [-0.2, 0) is 4.74 Å². The minimum absolute atomic E-state index is 0.0768. The fourth-order valence-electron chi connectivity index (χ4n) is 1.79. The van der Waals surface area contributed by atoms with Crippen LogP contribution in [0.2, 0.25) is 0 Å². The molecule has 1 aliphatic heterocycles. The topological polar surface area (TPSA) is 136 Å². The molecule has 0 aliphatic carbocycles. The molecule has 0 aromatic carbocycles. The second-order valence-corrected chi connectivity index (χ2v) is 4.35. The van der Waals surface area contributed by atoms with E-state index in [1.807, 2.05) is 0 Å². The van der Waals surface area contributed by atoms with Gasteiger partial charge >= 0.3 is 0 Å². The highest BCUT2D eigenvalue weighted by Crippen LogP contribution is 2.28. The normalized spacial score (nSPS) is 44.1. The van der Waals surface area contributed by atoms with Crippen LogP contribution in [0.3, 0.4) is 0 Å². The lowest BCUT2D eigenvalue weighted by Gasteiger charge is -2.43. The molecule has 0 amide bonds. The SMILES string of the molecule is C[C@]1(O)C[C@H](O)[C@@H](N)[C@H]([C@H](O)[C@H](O)CO)O1. The van der Waals surface area contributed by atoms with Crippen molar-refractivity contribution in [2.24, 2.45) is 5.73 Å². The van der Waals surface area contributed by atoms with E-state index in [-0.39, 0.29) is 6.42 Å². The molecule has 7 N–H and O–H groups in total. The summed E-state index contributed by atoms with van der Waals surface area (Å²) in [5, 5.41) is 46.8. The van der Waals surface area contributed by atoms with Crippen molar-refractivity contribution < 1.29 is 30.3 Å². The van der Waals surface area contributed by atoms with Gasteiger partial charge in [0, 0.05) is 6.42 Å². The highest BCUT2D eigenvalue weighted by molar-refractivity contribution is 4.95. The number of aliphatic hydroxyl groups excluding tert-OH is 4. The van der Waals surface area contributed by atoms with Gasteiger partial charge in [0.2, 0.25) is 0 Å². The van der Waals surface area contributed by atoms with Gasteiger partial charge in [-0.05, 0) is 6.92 Å². The van der Waals surface area contributed by atoms with Gasteiger partial charge < -0.3 is 36.0 Å². The van der Waals surface area contributed by atoms with Crippen LogP contribution in [0.25, 0.3) is 0 Å². The molecule has 0 aromatic heterocycles. The summed E-state index contributed by atoms with van der Waals surface area (Å²) in [7, 11) is 0. The van der Waals surface area contributed by atoms with E-state index in [1.165, 1.54) is 6.92 Å². The Bertz CT molecular complexity index is 236. The molecule has 16 heavy (non-hydrogen) atoms. The fraction of sp³-hybridized carbons (Fsp3) is 1.00. The Morgan fingerprint density at radius 3 is 2.56 bits per heavy atom. The average molecular weight is 237 g/mol. The van der Waals surface area contributed by atoms with Crippen molar-refractivity contribution in [3.05, 3.63) is 0 Å². The van der Waals surface area contributed by atoms with Crippen molar-refractivity contribution in [1.29, 1.82) is 0 Å². The van der Waals surface area contributed by atoms with Crippen LogP contribution in [0, 0.1) is 0 Å². The van der Waals surface area contributed by atoms with Crippen LogP contribution in [0.4, 0.5) is 0 Å². The summed E-state index contributed by atoms with van der Waals surface area (Å²) < 4.78 is 5.09. The molecule has 0 unspecified atom stereocenters. The fourth-order valence-corrected chi connectivity index (χ4v) is 1.79. The van der Waals surface area contributed by atoms with Crippen LogP contribution in [0.5, 0.6) is 0 Å². The van der Waals surface area contributed by atoms with Crippen LogP contribution in [-0.4, -0.2) is 68.4 Å². The number of aliphatic hydroxyl groups is 5. The van der Waals surface area contributed by atoms with E-state index in [0.29, 0.717) is 0 Å². The molecule has 1 saturated heterocycles. The van der Waals surface area contributed by atoms with E-state index in [1.54, 1.807) is 0 Å². The summed E-state index contributed by atoms with van der Waals surface area (Å²) in [4.78, 5) is 0. The van der Waals surface area contributed by atoms with E-state index in [2.05, 4.69) is 0 Å². The molecular weight excluding hydrogens is 218 g/mol. The van der Waals surface area contributed by atoms with Crippen molar-refractivity contribution in [1.82, 2.24) is 0 Å². The summed E-state index contributed by atoms with van der Waals surface area (Å²) in [5.74, 6) is -1.61. The number of hydrogen-bond donors (Lipinski definition) is 6. The standard InChI is InChI=1S/C9H19NO6/c1-9(15)2-4(12)6(10)8(16-9)7(14)5(13)3-11/h4-8,11-15H,2-3,10H2,1H3/t4-,5+,6+,7+,8+,9+/m0/s1. The monoisotopic (exact) mass is 237 g/mol. The zero-order chi connectivity index (χ0) is 12.5. The molecule has 1 fully saturated rings. The Morgan fingerprint density at radius 1 is 1.50 bits per heavy atom. The van der Waals surface area contributed by atoms with Crippen molar-refractivity contribution >= 4 is 0 Å². The van der Waals surface area contributed by atoms with Crippen LogP contribution >= 0.6 is 0 Å². The largest absolute Gasteiger partial charge is 0.394 e. The number of nitrogens with two attached hydrogens (primary N) is 1. The van der Waals surface area contributed by atoms with Gasteiger partial charge in [-0.2, -0.15) is 0 Å². The first-order valence-electron chi connectivity index (χ1n) is 5.09. The number of hydrogen-bond acceptors (Lipinski definition) is 7. The lowest BCUT2D eigenvalue weighted by molar-refractivity contribution is -0.289. The summed E-state index contributed by atoms with van der Waals surface area (Å²) in [6.45, 7) is 0.666. The third-order valence-electron chi connectivity index (χ3n) is 2.72. The predicted molar refractivity (Wildman–Crippen MR) is 53.2 cm³/mol. The van der Waals surface area contributed by atoms with Crippen LogP contribution < -0.4 is 5.73 Å². The van der Waals surface area contributed by atoms with Crippen LogP contribution in [0.1, 0.15) is 13.3 Å². The molecule has 1 aliphatic rings. The third-order valence-corrected chi connectivity index (χ3v) is 2.72. The summed E-state index contributed by atoms with van der Waals surface area (Å²) in [5.41, 5.74) is 5.60. The molecule has 0 spiro atoms. The molecule has 0 radical (unpaired) electrons. The Balaban J connectivity index is 2.77. The van der Waals surface area contributed by atoms with Gasteiger partial charge in [-0.1, -0.05) is 0 Å². The van der Waals surface area contributed by atoms with Gasteiger partial charge in [-0.15, -0.1) is 0 Å². The number of rotatable bonds is 3. The van der Waals surface area contributed by atoms with Crippen molar-refractivity contribution in [2.45, 2.75) is 49.6 Å². The maximum atomic E-state index is 9.64. The van der Waals surface area contributed by atoms with E-state index >= 15 is 0 Å². The lowest BCUT2D eigenvalue weighted by atomic mass is 9.90. The maximum Gasteiger partial charge on any atom is 0.165 e. The van der Waals surface area contributed by atoms with Gasteiger partial charge in [0.1, 0.15) is 18.3 Å². The first-order valence-corrected chi connectivity index (χ1v) is 5.09. The summed E-state index contributed by atoms with van der Waals surface area (Å²) >= 11 is 0. The minimum atomic E-state index is -1.61. The van der Waals surface area contributed by atoms with E-state index < -0.39 is 42.9 Å². The van der Waals surface area contributed by atoms with Gasteiger partial charge in [0.05, 0.1) is 18.8 Å². The van der Waals surface area contributed by atoms with E-state index in [9.17, 15) is 20.4 Å². The molecule has 6 atom stereocenters. The van der Waals surface area contributed by atoms with Gasteiger partial charge in [0.25, 0.3) is 0 Å². The quantitative estimate of drug-likeness (QED) is 0.305.